The number of hydrogen-bond donors (Lipinski definition) is 0. The number of hydrogen-bond acceptors (Lipinski definition) is 4. The van der Waals surface area contributed by atoms with Gasteiger partial charge < -0.3 is 4.90 Å². The van der Waals surface area contributed by atoms with Gasteiger partial charge in [-0.1, -0.05) is 19.8 Å². The lowest BCUT2D eigenvalue weighted by Gasteiger charge is -2.36. The zero-order valence-electron chi connectivity index (χ0n) is 13.7. The SMILES string of the molecule is CCS[C@H]1CCCCN(C(=O)[C@@H]2CCCCN2S(C)(=O)=O)C1. The molecule has 0 aromatic carbocycles. The first-order valence-corrected chi connectivity index (χ1v) is 11.2. The van der Waals surface area contributed by atoms with E-state index in [1.807, 2.05) is 16.7 Å². The van der Waals surface area contributed by atoms with Crippen LogP contribution in [0.1, 0.15) is 45.4 Å². The Balaban J connectivity index is 2.10. The van der Waals surface area contributed by atoms with E-state index in [-0.39, 0.29) is 5.91 Å². The van der Waals surface area contributed by atoms with Crippen LogP contribution in [0.25, 0.3) is 0 Å². The number of amides is 1. The van der Waals surface area contributed by atoms with Crippen LogP contribution in [0.3, 0.4) is 0 Å². The number of rotatable bonds is 4. The maximum atomic E-state index is 12.9. The molecule has 2 heterocycles. The molecule has 2 saturated heterocycles. The third-order valence-electron chi connectivity index (χ3n) is 4.51. The molecule has 2 rings (SSSR count). The predicted molar refractivity (Wildman–Crippen MR) is 91.5 cm³/mol. The van der Waals surface area contributed by atoms with Gasteiger partial charge in [-0.15, -0.1) is 0 Å². The standard InChI is InChI=1S/C15H28N2O3S2/c1-3-21-13-8-4-6-10-16(12-13)15(18)14-9-5-7-11-17(14)22(2,19)20/h13-14H,3-12H2,1-2H3/t13-,14-/m0/s1. The summed E-state index contributed by atoms with van der Waals surface area (Å²) in [6.07, 6.45) is 7.00. The van der Waals surface area contributed by atoms with Crippen molar-refractivity contribution in [3.63, 3.8) is 0 Å². The number of carbonyl (C=O) groups is 1. The van der Waals surface area contributed by atoms with Gasteiger partial charge in [-0.05, 0) is 31.4 Å². The monoisotopic (exact) mass is 348 g/mol. The molecule has 128 valence electrons. The summed E-state index contributed by atoms with van der Waals surface area (Å²) in [5.41, 5.74) is 0. The maximum Gasteiger partial charge on any atom is 0.241 e. The van der Waals surface area contributed by atoms with Crippen molar-refractivity contribution < 1.29 is 13.2 Å². The van der Waals surface area contributed by atoms with Gasteiger partial charge in [-0.2, -0.15) is 16.1 Å². The lowest BCUT2D eigenvalue weighted by Crippen LogP contribution is -2.53. The summed E-state index contributed by atoms with van der Waals surface area (Å²) in [7, 11) is -3.31. The van der Waals surface area contributed by atoms with Gasteiger partial charge in [0.2, 0.25) is 15.9 Å². The van der Waals surface area contributed by atoms with E-state index in [0.717, 1.165) is 50.9 Å². The molecule has 2 aliphatic heterocycles. The molecule has 22 heavy (non-hydrogen) atoms. The highest BCUT2D eigenvalue weighted by Crippen LogP contribution is 2.26. The van der Waals surface area contributed by atoms with Crippen molar-refractivity contribution in [1.82, 2.24) is 9.21 Å². The van der Waals surface area contributed by atoms with E-state index in [1.165, 1.54) is 10.6 Å². The Morgan fingerprint density at radius 3 is 2.50 bits per heavy atom. The van der Waals surface area contributed by atoms with Crippen molar-refractivity contribution in [2.45, 2.75) is 56.7 Å². The molecule has 0 N–H and O–H groups in total. The van der Waals surface area contributed by atoms with E-state index >= 15 is 0 Å². The van der Waals surface area contributed by atoms with Gasteiger partial charge in [-0.25, -0.2) is 8.42 Å². The molecule has 0 saturated carbocycles. The van der Waals surface area contributed by atoms with E-state index in [9.17, 15) is 13.2 Å². The summed E-state index contributed by atoms with van der Waals surface area (Å²) in [6, 6.07) is -0.478. The minimum Gasteiger partial charge on any atom is -0.340 e. The highest BCUT2D eigenvalue weighted by Gasteiger charge is 2.37. The first-order chi connectivity index (χ1) is 10.4. The number of likely N-dealkylation sites (tertiary alicyclic amines) is 1. The Labute approximate surface area is 138 Å². The van der Waals surface area contributed by atoms with E-state index < -0.39 is 16.1 Å². The van der Waals surface area contributed by atoms with Gasteiger partial charge in [0.15, 0.2) is 0 Å². The Kier molecular flexibility index (Phi) is 6.58. The molecule has 2 aliphatic rings. The van der Waals surface area contributed by atoms with Crippen molar-refractivity contribution in [2.75, 3.05) is 31.6 Å². The van der Waals surface area contributed by atoms with Crippen molar-refractivity contribution in [2.24, 2.45) is 0 Å². The molecule has 0 radical (unpaired) electrons. The Morgan fingerprint density at radius 1 is 1.14 bits per heavy atom. The zero-order valence-corrected chi connectivity index (χ0v) is 15.3. The van der Waals surface area contributed by atoms with Gasteiger partial charge in [0.05, 0.1) is 6.26 Å². The fourth-order valence-corrected chi connectivity index (χ4v) is 5.64. The molecule has 0 spiro atoms. The van der Waals surface area contributed by atoms with Crippen LogP contribution < -0.4 is 0 Å². The van der Waals surface area contributed by atoms with Crippen molar-refractivity contribution >= 4 is 27.7 Å². The van der Waals surface area contributed by atoms with Gasteiger partial charge in [0.25, 0.3) is 0 Å². The second-order valence-corrected chi connectivity index (χ2v) is 9.76. The second-order valence-electron chi connectivity index (χ2n) is 6.24. The molecular formula is C15H28N2O3S2. The normalized spacial score (nSPS) is 28.4. The van der Waals surface area contributed by atoms with Crippen molar-refractivity contribution in [3.05, 3.63) is 0 Å². The first-order valence-electron chi connectivity index (χ1n) is 8.30. The van der Waals surface area contributed by atoms with Crippen LogP contribution >= 0.6 is 11.8 Å². The van der Waals surface area contributed by atoms with E-state index in [0.29, 0.717) is 18.2 Å². The minimum absolute atomic E-state index is 0.0220. The molecule has 0 unspecified atom stereocenters. The molecule has 5 nitrogen and oxygen atoms in total. The fraction of sp³-hybridized carbons (Fsp3) is 0.933. The number of sulfonamides is 1. The molecular weight excluding hydrogens is 320 g/mol. The minimum atomic E-state index is -3.31. The summed E-state index contributed by atoms with van der Waals surface area (Å²) in [5, 5.41) is 0.492. The lowest BCUT2D eigenvalue weighted by atomic mass is 10.0. The second kappa shape index (κ2) is 8.02. The summed E-state index contributed by atoms with van der Waals surface area (Å²) in [5.74, 6) is 1.08. The Morgan fingerprint density at radius 2 is 1.82 bits per heavy atom. The summed E-state index contributed by atoms with van der Waals surface area (Å²) >= 11 is 1.91. The summed E-state index contributed by atoms with van der Waals surface area (Å²) in [6.45, 7) is 4.17. The van der Waals surface area contributed by atoms with Gasteiger partial charge >= 0.3 is 0 Å². The van der Waals surface area contributed by atoms with Crippen molar-refractivity contribution in [1.29, 1.82) is 0 Å². The smallest absolute Gasteiger partial charge is 0.241 e. The van der Waals surface area contributed by atoms with Gasteiger partial charge in [-0.3, -0.25) is 4.79 Å². The topological polar surface area (TPSA) is 57.7 Å². The molecule has 0 bridgehead atoms. The Bertz CT molecular complexity index is 481. The number of thioether (sulfide) groups is 1. The largest absolute Gasteiger partial charge is 0.340 e. The van der Waals surface area contributed by atoms with E-state index in [1.54, 1.807) is 0 Å². The number of nitrogens with zero attached hydrogens (tertiary/aromatic N) is 2. The Hall–Kier alpha value is -0.270. The predicted octanol–water partition coefficient (Wildman–Crippen LogP) is 1.93. The van der Waals surface area contributed by atoms with Crippen LogP contribution in [0.4, 0.5) is 0 Å². The average molecular weight is 349 g/mol. The van der Waals surface area contributed by atoms with Gasteiger partial charge in [0.1, 0.15) is 6.04 Å². The zero-order chi connectivity index (χ0) is 16.2. The highest BCUT2D eigenvalue weighted by atomic mass is 32.2. The molecule has 2 fully saturated rings. The van der Waals surface area contributed by atoms with Crippen LogP contribution in [0.2, 0.25) is 0 Å². The van der Waals surface area contributed by atoms with Crippen LogP contribution in [0.5, 0.6) is 0 Å². The van der Waals surface area contributed by atoms with Crippen LogP contribution in [-0.2, 0) is 14.8 Å². The quantitative estimate of drug-likeness (QED) is 0.779. The molecule has 0 aromatic rings. The van der Waals surface area contributed by atoms with Crippen LogP contribution in [0, 0.1) is 0 Å². The average Bonchev–Trinajstić information content (AvgIpc) is 2.72. The van der Waals surface area contributed by atoms with Crippen molar-refractivity contribution in [3.8, 4) is 0 Å². The molecule has 7 heteroatoms. The number of carbonyl (C=O) groups excluding carboxylic acids is 1. The van der Waals surface area contributed by atoms with Crippen LogP contribution in [0.15, 0.2) is 0 Å². The molecule has 0 aliphatic carbocycles. The third-order valence-corrected chi connectivity index (χ3v) is 6.99. The summed E-state index contributed by atoms with van der Waals surface area (Å²) < 4.78 is 25.4. The van der Waals surface area contributed by atoms with Crippen LogP contribution in [-0.4, -0.2) is 66.5 Å². The lowest BCUT2D eigenvalue weighted by molar-refractivity contribution is -0.136. The maximum absolute atomic E-state index is 12.9. The summed E-state index contributed by atoms with van der Waals surface area (Å²) in [4.78, 5) is 14.8. The highest BCUT2D eigenvalue weighted by molar-refractivity contribution is 7.99. The van der Waals surface area contributed by atoms with E-state index in [2.05, 4.69) is 6.92 Å². The van der Waals surface area contributed by atoms with Gasteiger partial charge in [0, 0.05) is 24.9 Å². The molecule has 1 amide bonds. The number of piperidine rings is 1. The van der Waals surface area contributed by atoms with E-state index in [4.69, 9.17) is 0 Å². The molecule has 2 atom stereocenters. The third kappa shape index (κ3) is 4.61. The molecule has 0 aromatic heterocycles. The first kappa shape index (κ1) is 18.1. The fourth-order valence-electron chi connectivity index (χ4n) is 3.43.